The Balaban J connectivity index is 1.97. The Bertz CT molecular complexity index is 445. The molecule has 90 valence electrons. The van der Waals surface area contributed by atoms with Gasteiger partial charge >= 0.3 is 5.97 Å². The summed E-state index contributed by atoms with van der Waals surface area (Å²) < 4.78 is 10.7. The zero-order valence-electron chi connectivity index (χ0n) is 8.88. The number of carbonyl (C=O) groups excluding carboxylic acids is 1. The molecule has 0 aromatic heterocycles. The molecule has 0 spiro atoms. The van der Waals surface area contributed by atoms with Gasteiger partial charge in [0.1, 0.15) is 13.2 Å². The van der Waals surface area contributed by atoms with Crippen LogP contribution in [0.25, 0.3) is 0 Å². The zero-order valence-corrected chi connectivity index (χ0v) is 8.88. The normalized spacial score (nSPS) is 17.3. The molecular weight excluding hydrogens is 226 g/mol. The molecule has 0 aliphatic carbocycles. The Morgan fingerprint density at radius 2 is 2.06 bits per heavy atom. The highest BCUT2D eigenvalue weighted by atomic mass is 16.6. The van der Waals surface area contributed by atoms with Gasteiger partial charge in [-0.15, -0.1) is 0 Å². The Morgan fingerprint density at radius 1 is 1.35 bits per heavy atom. The minimum atomic E-state index is -1.10. The molecule has 1 heterocycles. The van der Waals surface area contributed by atoms with E-state index in [-0.39, 0.29) is 6.61 Å². The number of carboxylic acid groups (broad SMARTS) is 1. The minimum absolute atomic E-state index is 0.0719. The van der Waals surface area contributed by atoms with Gasteiger partial charge in [0, 0.05) is 0 Å². The highest BCUT2D eigenvalue weighted by Crippen LogP contribution is 2.30. The monoisotopic (exact) mass is 237 g/mol. The van der Waals surface area contributed by atoms with Crippen molar-refractivity contribution in [2.24, 2.45) is 0 Å². The lowest BCUT2D eigenvalue weighted by molar-refractivity contribution is -0.139. The topological polar surface area (TPSA) is 84.9 Å². The summed E-state index contributed by atoms with van der Waals surface area (Å²) in [6.07, 6.45) is -0.816. The standard InChI is InChI=1S/C11H11NO5/c13-10(14)5-12-11(15)9-6-16-7-3-1-2-4-8(7)17-9/h1-4,9H,5-6H2,(H,12,15)(H,13,14)/t9-/m0/s1. The maximum atomic E-state index is 11.5. The lowest BCUT2D eigenvalue weighted by Crippen LogP contribution is -2.45. The van der Waals surface area contributed by atoms with E-state index in [1.54, 1.807) is 24.3 Å². The van der Waals surface area contributed by atoms with Crippen molar-refractivity contribution in [3.8, 4) is 11.5 Å². The van der Waals surface area contributed by atoms with Crippen LogP contribution in [0.3, 0.4) is 0 Å². The Kier molecular flexibility index (Phi) is 3.13. The SMILES string of the molecule is O=C(O)CNC(=O)[C@@H]1COc2ccccc2O1. The second-order valence-electron chi connectivity index (χ2n) is 3.48. The molecule has 1 aromatic rings. The van der Waals surface area contributed by atoms with E-state index in [2.05, 4.69) is 5.32 Å². The molecule has 1 aliphatic heterocycles. The van der Waals surface area contributed by atoms with Crippen molar-refractivity contribution in [3.63, 3.8) is 0 Å². The van der Waals surface area contributed by atoms with Gasteiger partial charge in [0.25, 0.3) is 5.91 Å². The van der Waals surface area contributed by atoms with Crippen LogP contribution in [-0.2, 0) is 9.59 Å². The largest absolute Gasteiger partial charge is 0.485 e. The van der Waals surface area contributed by atoms with Gasteiger partial charge < -0.3 is 19.9 Å². The number of benzene rings is 1. The van der Waals surface area contributed by atoms with E-state index in [0.717, 1.165) is 0 Å². The van der Waals surface area contributed by atoms with Gasteiger partial charge in [0.05, 0.1) is 0 Å². The van der Waals surface area contributed by atoms with Crippen molar-refractivity contribution in [3.05, 3.63) is 24.3 Å². The molecule has 1 aliphatic rings. The second kappa shape index (κ2) is 4.73. The number of rotatable bonds is 3. The van der Waals surface area contributed by atoms with E-state index in [1.165, 1.54) is 0 Å². The number of hydrogen-bond donors (Lipinski definition) is 2. The van der Waals surface area contributed by atoms with Crippen molar-refractivity contribution in [1.82, 2.24) is 5.32 Å². The summed E-state index contributed by atoms with van der Waals surface area (Å²) in [5, 5.41) is 10.7. The molecule has 6 heteroatoms. The van der Waals surface area contributed by atoms with Crippen LogP contribution in [0.15, 0.2) is 24.3 Å². The molecule has 2 rings (SSSR count). The number of hydrogen-bond acceptors (Lipinski definition) is 4. The lowest BCUT2D eigenvalue weighted by atomic mass is 10.2. The van der Waals surface area contributed by atoms with E-state index in [9.17, 15) is 9.59 Å². The van der Waals surface area contributed by atoms with Gasteiger partial charge in [-0.25, -0.2) is 0 Å². The predicted octanol–water partition coefficient (Wildman–Crippen LogP) is 0.0272. The first-order valence-corrected chi connectivity index (χ1v) is 5.05. The average Bonchev–Trinajstić information content (AvgIpc) is 2.35. The maximum Gasteiger partial charge on any atom is 0.322 e. The first-order chi connectivity index (χ1) is 8.16. The number of para-hydroxylation sites is 2. The van der Waals surface area contributed by atoms with Crippen molar-refractivity contribution in [2.45, 2.75) is 6.10 Å². The molecule has 0 unspecified atom stereocenters. The Morgan fingerprint density at radius 3 is 2.76 bits per heavy atom. The fourth-order valence-corrected chi connectivity index (χ4v) is 1.43. The molecule has 2 N–H and O–H groups in total. The molecule has 0 saturated carbocycles. The van der Waals surface area contributed by atoms with E-state index >= 15 is 0 Å². The fourth-order valence-electron chi connectivity index (χ4n) is 1.43. The summed E-state index contributed by atoms with van der Waals surface area (Å²) in [7, 11) is 0. The van der Waals surface area contributed by atoms with Crippen molar-refractivity contribution in [1.29, 1.82) is 0 Å². The van der Waals surface area contributed by atoms with Crippen LogP contribution < -0.4 is 14.8 Å². The Labute approximate surface area is 97.1 Å². The first-order valence-electron chi connectivity index (χ1n) is 5.05. The van der Waals surface area contributed by atoms with E-state index < -0.39 is 24.5 Å². The number of ether oxygens (including phenoxy) is 2. The Hall–Kier alpha value is -2.24. The van der Waals surface area contributed by atoms with Gasteiger partial charge in [-0.2, -0.15) is 0 Å². The third kappa shape index (κ3) is 2.66. The molecule has 17 heavy (non-hydrogen) atoms. The minimum Gasteiger partial charge on any atom is -0.485 e. The molecule has 0 radical (unpaired) electrons. The highest BCUT2D eigenvalue weighted by Gasteiger charge is 2.27. The summed E-state index contributed by atoms with van der Waals surface area (Å²) >= 11 is 0. The molecule has 1 atom stereocenters. The summed E-state index contributed by atoms with van der Waals surface area (Å²) in [5.74, 6) is -0.540. The van der Waals surface area contributed by atoms with Gasteiger partial charge in [0.15, 0.2) is 11.5 Å². The quantitative estimate of drug-likeness (QED) is 0.774. The highest BCUT2D eigenvalue weighted by molar-refractivity contribution is 5.85. The smallest absolute Gasteiger partial charge is 0.322 e. The fraction of sp³-hybridized carbons (Fsp3) is 0.273. The maximum absolute atomic E-state index is 11.5. The van der Waals surface area contributed by atoms with Crippen LogP contribution in [-0.4, -0.2) is 36.2 Å². The van der Waals surface area contributed by atoms with Crippen molar-refractivity contribution >= 4 is 11.9 Å². The van der Waals surface area contributed by atoms with Gasteiger partial charge in [0.2, 0.25) is 6.10 Å². The number of aliphatic carboxylic acids is 1. The van der Waals surface area contributed by atoms with Gasteiger partial charge in [-0.1, -0.05) is 12.1 Å². The van der Waals surface area contributed by atoms with Crippen molar-refractivity contribution < 1.29 is 24.2 Å². The zero-order chi connectivity index (χ0) is 12.3. The molecule has 0 bridgehead atoms. The van der Waals surface area contributed by atoms with Crippen LogP contribution in [0.5, 0.6) is 11.5 Å². The van der Waals surface area contributed by atoms with Crippen LogP contribution in [0.2, 0.25) is 0 Å². The molecule has 1 aromatic carbocycles. The summed E-state index contributed by atoms with van der Waals surface area (Å²) in [5.41, 5.74) is 0. The molecule has 1 amide bonds. The van der Waals surface area contributed by atoms with E-state index in [0.29, 0.717) is 11.5 Å². The molecule has 0 fully saturated rings. The molecule has 0 saturated heterocycles. The number of fused-ring (bicyclic) bond motifs is 1. The van der Waals surface area contributed by atoms with E-state index in [4.69, 9.17) is 14.6 Å². The molecular formula is C11H11NO5. The number of carbonyl (C=O) groups is 2. The van der Waals surface area contributed by atoms with Gasteiger partial charge in [-0.3, -0.25) is 9.59 Å². The first kappa shape index (κ1) is 11.3. The third-order valence-corrected chi connectivity index (χ3v) is 2.21. The average molecular weight is 237 g/mol. The summed E-state index contributed by atoms with van der Waals surface area (Å²) in [6.45, 7) is -0.358. The number of carboxylic acids is 1. The van der Waals surface area contributed by atoms with Crippen LogP contribution in [0, 0.1) is 0 Å². The predicted molar refractivity (Wildman–Crippen MR) is 57.0 cm³/mol. The summed E-state index contributed by atoms with van der Waals surface area (Å²) in [4.78, 5) is 21.8. The van der Waals surface area contributed by atoms with E-state index in [1.807, 2.05) is 0 Å². The van der Waals surface area contributed by atoms with Gasteiger partial charge in [-0.05, 0) is 12.1 Å². The lowest BCUT2D eigenvalue weighted by Gasteiger charge is -2.25. The summed E-state index contributed by atoms with van der Waals surface area (Å²) in [6, 6.07) is 6.99. The van der Waals surface area contributed by atoms with Crippen LogP contribution in [0.4, 0.5) is 0 Å². The number of nitrogens with one attached hydrogen (secondary N) is 1. The second-order valence-corrected chi connectivity index (χ2v) is 3.48. The molecule has 6 nitrogen and oxygen atoms in total. The third-order valence-electron chi connectivity index (χ3n) is 2.21. The van der Waals surface area contributed by atoms with Crippen LogP contribution in [0.1, 0.15) is 0 Å². The van der Waals surface area contributed by atoms with Crippen molar-refractivity contribution in [2.75, 3.05) is 13.2 Å². The van der Waals surface area contributed by atoms with Crippen LogP contribution >= 0.6 is 0 Å². The number of amides is 1.